The van der Waals surface area contributed by atoms with Gasteiger partial charge in [-0.05, 0) is 12.3 Å². The standard InChI is InChI=1S/C15H23NO7S/c1-9(2)6-11(15(17)18)16-24(19,20)14-12(22-4)7-10(21-3)8-13(14)23-5/h7-9,11,16H,6H2,1-5H3,(H,17,18)/t11-/m1/s1. The van der Waals surface area contributed by atoms with Crippen molar-refractivity contribution in [2.75, 3.05) is 21.3 Å². The maximum absolute atomic E-state index is 12.7. The van der Waals surface area contributed by atoms with Gasteiger partial charge in [-0.2, -0.15) is 4.72 Å². The van der Waals surface area contributed by atoms with E-state index in [1.54, 1.807) is 13.8 Å². The van der Waals surface area contributed by atoms with E-state index in [2.05, 4.69) is 4.72 Å². The van der Waals surface area contributed by atoms with Crippen LogP contribution in [0.2, 0.25) is 0 Å². The summed E-state index contributed by atoms with van der Waals surface area (Å²) in [4.78, 5) is 11.1. The van der Waals surface area contributed by atoms with Crippen LogP contribution in [0.25, 0.3) is 0 Å². The molecular formula is C15H23NO7S. The van der Waals surface area contributed by atoms with Gasteiger partial charge >= 0.3 is 5.97 Å². The first-order valence-electron chi connectivity index (χ1n) is 7.21. The van der Waals surface area contributed by atoms with E-state index in [0.717, 1.165) is 0 Å². The Labute approximate surface area is 141 Å². The highest BCUT2D eigenvalue weighted by atomic mass is 32.2. The predicted octanol–water partition coefficient (Wildman–Crippen LogP) is 1.49. The molecule has 1 atom stereocenters. The Morgan fingerprint density at radius 2 is 1.62 bits per heavy atom. The Kier molecular flexibility index (Phi) is 6.85. The Balaban J connectivity index is 3.38. The number of benzene rings is 1. The molecule has 1 rings (SSSR count). The number of carboxylic acids is 1. The number of methoxy groups -OCH3 is 3. The fourth-order valence-electron chi connectivity index (χ4n) is 2.16. The van der Waals surface area contributed by atoms with Gasteiger partial charge in [-0.3, -0.25) is 4.79 Å². The summed E-state index contributed by atoms with van der Waals surface area (Å²) < 4.78 is 42.9. The number of carbonyl (C=O) groups is 1. The molecule has 0 aliphatic heterocycles. The second kappa shape index (κ2) is 8.20. The van der Waals surface area contributed by atoms with Crippen molar-refractivity contribution >= 4 is 16.0 Å². The molecule has 0 aliphatic rings. The molecule has 9 heteroatoms. The maximum atomic E-state index is 12.7. The van der Waals surface area contributed by atoms with E-state index in [1.807, 2.05) is 0 Å². The number of hydrogen-bond donors (Lipinski definition) is 2. The van der Waals surface area contributed by atoms with Crippen LogP contribution in [0.1, 0.15) is 20.3 Å². The van der Waals surface area contributed by atoms with Crippen LogP contribution in [0, 0.1) is 5.92 Å². The van der Waals surface area contributed by atoms with Gasteiger partial charge in [0.05, 0.1) is 21.3 Å². The van der Waals surface area contributed by atoms with Crippen molar-refractivity contribution < 1.29 is 32.5 Å². The predicted molar refractivity (Wildman–Crippen MR) is 87.3 cm³/mol. The van der Waals surface area contributed by atoms with E-state index in [4.69, 9.17) is 14.2 Å². The minimum atomic E-state index is -4.20. The second-order valence-electron chi connectivity index (χ2n) is 5.50. The quantitative estimate of drug-likeness (QED) is 0.685. The van der Waals surface area contributed by atoms with Crippen LogP contribution in [-0.2, 0) is 14.8 Å². The lowest BCUT2D eigenvalue weighted by atomic mass is 10.1. The molecule has 0 unspecified atom stereocenters. The Morgan fingerprint density at radius 3 is 1.96 bits per heavy atom. The molecule has 0 radical (unpaired) electrons. The number of ether oxygens (including phenoxy) is 3. The van der Waals surface area contributed by atoms with Gasteiger partial charge in [-0.15, -0.1) is 0 Å². The zero-order chi connectivity index (χ0) is 18.5. The van der Waals surface area contributed by atoms with Crippen LogP contribution in [0.4, 0.5) is 0 Å². The summed E-state index contributed by atoms with van der Waals surface area (Å²) in [5, 5.41) is 9.26. The fourth-order valence-corrected chi connectivity index (χ4v) is 3.66. The van der Waals surface area contributed by atoms with Gasteiger partial charge in [0.25, 0.3) is 0 Å². The number of nitrogens with one attached hydrogen (secondary N) is 1. The third kappa shape index (κ3) is 4.75. The number of aliphatic carboxylic acids is 1. The first-order chi connectivity index (χ1) is 11.2. The summed E-state index contributed by atoms with van der Waals surface area (Å²) in [6.45, 7) is 3.61. The highest BCUT2D eigenvalue weighted by Gasteiger charge is 2.31. The molecule has 136 valence electrons. The van der Waals surface area contributed by atoms with E-state index in [0.29, 0.717) is 5.75 Å². The highest BCUT2D eigenvalue weighted by molar-refractivity contribution is 7.89. The molecular weight excluding hydrogens is 338 g/mol. The lowest BCUT2D eigenvalue weighted by Gasteiger charge is -2.19. The van der Waals surface area contributed by atoms with Gasteiger partial charge in [0, 0.05) is 12.1 Å². The molecule has 2 N–H and O–H groups in total. The van der Waals surface area contributed by atoms with Gasteiger partial charge in [-0.1, -0.05) is 13.8 Å². The van der Waals surface area contributed by atoms with Crippen LogP contribution < -0.4 is 18.9 Å². The number of carboxylic acid groups (broad SMARTS) is 1. The summed E-state index contributed by atoms with van der Waals surface area (Å²) in [5.74, 6) is -0.924. The third-order valence-electron chi connectivity index (χ3n) is 3.24. The van der Waals surface area contributed by atoms with Crippen molar-refractivity contribution in [2.24, 2.45) is 5.92 Å². The Bertz CT molecular complexity index is 660. The first kappa shape index (κ1) is 20.0. The lowest BCUT2D eigenvalue weighted by Crippen LogP contribution is -2.41. The van der Waals surface area contributed by atoms with Gasteiger partial charge < -0.3 is 19.3 Å². The minimum Gasteiger partial charge on any atom is -0.496 e. The average Bonchev–Trinajstić information content (AvgIpc) is 2.51. The lowest BCUT2D eigenvalue weighted by molar-refractivity contribution is -0.139. The molecule has 8 nitrogen and oxygen atoms in total. The van der Waals surface area contributed by atoms with Crippen molar-refractivity contribution in [1.82, 2.24) is 4.72 Å². The Hall–Kier alpha value is -2.00. The summed E-state index contributed by atoms with van der Waals surface area (Å²) in [5.41, 5.74) is 0. The topological polar surface area (TPSA) is 111 Å². The number of hydrogen-bond acceptors (Lipinski definition) is 6. The van der Waals surface area contributed by atoms with Crippen molar-refractivity contribution in [3.63, 3.8) is 0 Å². The molecule has 0 amide bonds. The minimum absolute atomic E-state index is 0.00606. The highest BCUT2D eigenvalue weighted by Crippen LogP contribution is 2.37. The molecule has 1 aromatic carbocycles. The first-order valence-corrected chi connectivity index (χ1v) is 8.69. The van der Waals surface area contributed by atoms with Gasteiger partial charge in [0.1, 0.15) is 23.3 Å². The second-order valence-corrected chi connectivity index (χ2v) is 7.15. The van der Waals surface area contributed by atoms with Crippen LogP contribution in [0.15, 0.2) is 17.0 Å². The fraction of sp³-hybridized carbons (Fsp3) is 0.533. The van der Waals surface area contributed by atoms with E-state index in [1.165, 1.54) is 33.5 Å². The van der Waals surface area contributed by atoms with E-state index >= 15 is 0 Å². The van der Waals surface area contributed by atoms with Crippen LogP contribution in [0.5, 0.6) is 17.2 Å². The van der Waals surface area contributed by atoms with Crippen molar-refractivity contribution in [1.29, 1.82) is 0 Å². The molecule has 0 bridgehead atoms. The normalized spacial score (nSPS) is 12.8. The van der Waals surface area contributed by atoms with Crippen molar-refractivity contribution in [3.8, 4) is 17.2 Å². The molecule has 1 aromatic rings. The number of rotatable bonds is 9. The average molecular weight is 361 g/mol. The molecule has 0 heterocycles. The van der Waals surface area contributed by atoms with E-state index < -0.39 is 22.0 Å². The summed E-state index contributed by atoms with van der Waals surface area (Å²) in [6, 6.07) is 1.51. The van der Waals surface area contributed by atoms with Crippen molar-refractivity contribution in [2.45, 2.75) is 31.2 Å². The molecule has 0 aromatic heterocycles. The SMILES string of the molecule is COc1cc(OC)c(S(=O)(=O)N[C@H](CC(C)C)C(=O)O)c(OC)c1. The molecule has 0 saturated heterocycles. The van der Waals surface area contributed by atoms with Gasteiger partial charge in [-0.25, -0.2) is 8.42 Å². The maximum Gasteiger partial charge on any atom is 0.321 e. The van der Waals surface area contributed by atoms with Crippen LogP contribution >= 0.6 is 0 Å². The van der Waals surface area contributed by atoms with E-state index in [-0.39, 0.29) is 28.7 Å². The monoisotopic (exact) mass is 361 g/mol. The molecule has 24 heavy (non-hydrogen) atoms. The van der Waals surface area contributed by atoms with Crippen molar-refractivity contribution in [3.05, 3.63) is 12.1 Å². The van der Waals surface area contributed by atoms with Crippen LogP contribution in [0.3, 0.4) is 0 Å². The van der Waals surface area contributed by atoms with Gasteiger partial charge in [0.2, 0.25) is 10.0 Å². The van der Waals surface area contributed by atoms with E-state index in [9.17, 15) is 18.3 Å². The zero-order valence-corrected chi connectivity index (χ0v) is 15.1. The summed E-state index contributed by atoms with van der Waals surface area (Å²) >= 11 is 0. The van der Waals surface area contributed by atoms with Gasteiger partial charge in [0.15, 0.2) is 4.90 Å². The largest absolute Gasteiger partial charge is 0.496 e. The summed E-state index contributed by atoms with van der Waals surface area (Å²) in [6.07, 6.45) is 0.148. The molecule has 0 aliphatic carbocycles. The molecule has 0 fully saturated rings. The molecule has 0 saturated carbocycles. The smallest absolute Gasteiger partial charge is 0.321 e. The summed E-state index contributed by atoms with van der Waals surface area (Å²) in [7, 11) is -0.173. The Morgan fingerprint density at radius 1 is 1.12 bits per heavy atom. The third-order valence-corrected chi connectivity index (χ3v) is 4.78. The van der Waals surface area contributed by atoms with Crippen LogP contribution in [-0.4, -0.2) is 46.9 Å². The zero-order valence-electron chi connectivity index (χ0n) is 14.3. The number of sulfonamides is 1. The molecule has 0 spiro atoms.